The van der Waals surface area contributed by atoms with Crippen molar-refractivity contribution in [2.24, 2.45) is 11.8 Å². The van der Waals surface area contributed by atoms with Crippen LogP contribution in [-0.4, -0.2) is 146 Å². The summed E-state index contributed by atoms with van der Waals surface area (Å²) in [5.41, 5.74) is 4.22. The number of hydrogen-bond acceptors (Lipinski definition) is 9. The molecule has 3 fully saturated rings. The molecule has 1 atom stereocenters. The van der Waals surface area contributed by atoms with E-state index in [2.05, 4.69) is 10.2 Å². The molecular weight excluding hydrogens is 713 g/mol. The van der Waals surface area contributed by atoms with E-state index in [1.54, 1.807) is 4.90 Å². The summed E-state index contributed by atoms with van der Waals surface area (Å²) in [5.74, 6) is 0.945. The van der Waals surface area contributed by atoms with Crippen molar-refractivity contribution in [3.63, 3.8) is 0 Å². The van der Waals surface area contributed by atoms with Gasteiger partial charge in [-0.05, 0) is 140 Å². The van der Waals surface area contributed by atoms with E-state index >= 15 is 0 Å². The molecule has 0 aromatic heterocycles. The molecule has 2 aromatic rings. The molecule has 0 radical (unpaired) electrons. The van der Waals surface area contributed by atoms with E-state index in [-0.39, 0.29) is 36.1 Å². The Bertz CT molecular complexity index is 1620. The van der Waals surface area contributed by atoms with Gasteiger partial charge in [0.05, 0.1) is 13.2 Å². The van der Waals surface area contributed by atoms with E-state index < -0.39 is 12.2 Å². The number of benzene rings is 2. The second kappa shape index (κ2) is 20.2. The highest BCUT2D eigenvalue weighted by molar-refractivity contribution is 5.91. The molecule has 0 unspecified atom stereocenters. The Morgan fingerprint density at radius 2 is 1.43 bits per heavy atom. The summed E-state index contributed by atoms with van der Waals surface area (Å²) in [6, 6.07) is 11.5. The van der Waals surface area contributed by atoms with E-state index in [1.807, 2.05) is 93.0 Å². The van der Waals surface area contributed by atoms with Crippen LogP contribution >= 0.6 is 0 Å². The van der Waals surface area contributed by atoms with E-state index in [0.717, 1.165) is 62.0 Å². The summed E-state index contributed by atoms with van der Waals surface area (Å²) in [5, 5.41) is 13.4. The third-order valence-corrected chi connectivity index (χ3v) is 11.6. The summed E-state index contributed by atoms with van der Waals surface area (Å²) >= 11 is 0. The molecule has 308 valence electrons. The number of phenols is 1. The van der Waals surface area contributed by atoms with Crippen molar-refractivity contribution in [2.75, 3.05) is 85.4 Å². The monoisotopic (exact) mass is 776 g/mol. The fraction of sp³-hybridized carbons (Fsp3) is 0.628. The lowest BCUT2D eigenvalue weighted by atomic mass is 9.78. The Morgan fingerprint density at radius 3 is 2.04 bits per heavy atom. The molecule has 0 spiro atoms. The number of amides is 4. The number of esters is 1. The summed E-state index contributed by atoms with van der Waals surface area (Å²) in [7, 11) is 6.00. The van der Waals surface area contributed by atoms with Gasteiger partial charge in [-0.25, -0.2) is 9.59 Å². The van der Waals surface area contributed by atoms with Crippen LogP contribution in [0.15, 0.2) is 36.4 Å². The highest BCUT2D eigenvalue weighted by Crippen LogP contribution is 2.33. The molecule has 2 aromatic carbocycles. The van der Waals surface area contributed by atoms with E-state index in [4.69, 9.17) is 9.47 Å². The summed E-state index contributed by atoms with van der Waals surface area (Å²) in [6.45, 7) is 10.7. The maximum atomic E-state index is 14.1. The molecule has 2 N–H and O–H groups in total. The first-order valence-corrected chi connectivity index (χ1v) is 20.5. The normalized spacial score (nSPS) is 19.3. The number of ether oxygens (including phenoxy) is 2. The second-order valence-corrected chi connectivity index (χ2v) is 16.3. The van der Waals surface area contributed by atoms with Crippen LogP contribution in [0.3, 0.4) is 0 Å². The van der Waals surface area contributed by atoms with Gasteiger partial charge in [-0.3, -0.25) is 14.5 Å². The molecular formula is C43H64N6O7. The number of likely N-dealkylation sites (tertiary alicyclic amines) is 3. The van der Waals surface area contributed by atoms with Crippen LogP contribution in [0, 0.1) is 25.7 Å². The zero-order valence-corrected chi connectivity index (χ0v) is 34.4. The molecule has 4 amide bonds. The molecule has 13 nitrogen and oxygen atoms in total. The van der Waals surface area contributed by atoms with Crippen LogP contribution in [0.25, 0.3) is 0 Å². The number of fused-ring (bicyclic) bond motifs is 1. The summed E-state index contributed by atoms with van der Waals surface area (Å²) in [4.78, 5) is 62.5. The minimum atomic E-state index is -0.994. The lowest BCUT2D eigenvalue weighted by molar-refractivity contribution is -0.144. The molecule has 6 rings (SSSR count). The number of nitrogens with one attached hydrogen (secondary N) is 1. The number of carbonyl (C=O) groups excluding carboxylic acids is 4. The van der Waals surface area contributed by atoms with Crippen molar-refractivity contribution < 1.29 is 33.8 Å². The maximum absolute atomic E-state index is 14.1. The van der Waals surface area contributed by atoms with Crippen molar-refractivity contribution in [2.45, 2.75) is 84.3 Å². The number of aryl methyl sites for hydroxylation is 2. The van der Waals surface area contributed by atoms with Crippen LogP contribution in [0.5, 0.6) is 5.75 Å². The number of rotatable bonds is 9. The number of anilines is 1. The van der Waals surface area contributed by atoms with Crippen molar-refractivity contribution in [3.8, 4) is 5.75 Å². The van der Waals surface area contributed by atoms with Gasteiger partial charge in [0.2, 0.25) is 0 Å². The SMILES string of the molecule is CCOC(=O)CN1CCC(C2CCN(C(=O)[C@@H](Cc3cc(C)c(O)c(C)c3)OC(=O)N3CCC(N4CCc5ccccc5NC4=O)CC3)CC2)CC1.CN(C)C. The average Bonchev–Trinajstić information content (AvgIpc) is 3.34. The third kappa shape index (κ3) is 11.6. The third-order valence-electron chi connectivity index (χ3n) is 11.6. The fourth-order valence-corrected chi connectivity index (χ4v) is 8.62. The Hall–Kier alpha value is -4.36. The molecule has 0 saturated carbocycles. The van der Waals surface area contributed by atoms with E-state index in [1.165, 1.54) is 0 Å². The minimum absolute atomic E-state index is 0.00448. The highest BCUT2D eigenvalue weighted by atomic mass is 16.6. The molecule has 56 heavy (non-hydrogen) atoms. The first-order chi connectivity index (χ1) is 26.8. The first-order valence-electron chi connectivity index (χ1n) is 20.5. The zero-order valence-electron chi connectivity index (χ0n) is 34.4. The smallest absolute Gasteiger partial charge is 0.410 e. The quantitative estimate of drug-likeness (QED) is 0.326. The fourth-order valence-electron chi connectivity index (χ4n) is 8.62. The Morgan fingerprint density at radius 1 is 0.857 bits per heavy atom. The standard InChI is InChI=1S/C40H55N5O7.C3H9N/c1-4-51-36(46)26-42-16-9-30(10-17-42)31-11-18-43(19-12-31)38(48)35(25-29-23-27(2)37(47)28(3)24-29)52-40(50)44-20-14-33(15-21-44)45-22-13-32-7-5-6-8-34(32)41-39(45)49;1-4(2)3/h5-8,23-24,30-31,33,35,47H,4,9-22,25-26H2,1-3H3,(H,41,49);1-3H3/t35-;/m1./s1. The van der Waals surface area contributed by atoms with Crippen LogP contribution < -0.4 is 5.32 Å². The van der Waals surface area contributed by atoms with Crippen molar-refractivity contribution >= 4 is 29.7 Å². The van der Waals surface area contributed by atoms with Crippen LogP contribution in [0.2, 0.25) is 0 Å². The lowest BCUT2D eigenvalue weighted by Crippen LogP contribution is -2.52. The molecule has 13 heteroatoms. The van der Waals surface area contributed by atoms with Gasteiger partial charge in [0.25, 0.3) is 5.91 Å². The number of aromatic hydroxyl groups is 1. The molecule has 4 aliphatic heterocycles. The number of para-hydroxylation sites is 1. The number of urea groups is 1. The van der Waals surface area contributed by atoms with Gasteiger partial charge in [0.1, 0.15) is 5.75 Å². The molecule has 3 saturated heterocycles. The highest BCUT2D eigenvalue weighted by Gasteiger charge is 2.37. The van der Waals surface area contributed by atoms with Gasteiger partial charge in [0, 0.05) is 50.9 Å². The van der Waals surface area contributed by atoms with Crippen molar-refractivity contribution in [3.05, 3.63) is 58.7 Å². The van der Waals surface area contributed by atoms with Crippen molar-refractivity contribution in [1.82, 2.24) is 24.5 Å². The second-order valence-electron chi connectivity index (χ2n) is 16.3. The number of piperidine rings is 3. The van der Waals surface area contributed by atoms with Crippen molar-refractivity contribution in [1.29, 1.82) is 0 Å². The number of nitrogens with zero attached hydrogens (tertiary/aromatic N) is 5. The molecule has 0 aliphatic carbocycles. The predicted octanol–water partition coefficient (Wildman–Crippen LogP) is 5.30. The predicted molar refractivity (Wildman–Crippen MR) is 217 cm³/mol. The summed E-state index contributed by atoms with van der Waals surface area (Å²) in [6.07, 6.45) is 4.60. The number of carbonyl (C=O) groups is 4. The van der Waals surface area contributed by atoms with Gasteiger partial charge in [-0.1, -0.05) is 30.3 Å². The summed E-state index contributed by atoms with van der Waals surface area (Å²) < 4.78 is 11.2. The number of hydrogen-bond donors (Lipinski definition) is 2. The lowest BCUT2D eigenvalue weighted by Gasteiger charge is -2.41. The van der Waals surface area contributed by atoms with Crippen LogP contribution in [0.1, 0.15) is 67.7 Å². The largest absolute Gasteiger partial charge is 0.507 e. The van der Waals surface area contributed by atoms with Gasteiger partial charge in [-0.2, -0.15) is 0 Å². The molecule has 0 bridgehead atoms. The average molecular weight is 777 g/mol. The Balaban J connectivity index is 0.00000143. The van der Waals surface area contributed by atoms with Crippen LogP contribution in [-0.2, 0) is 31.9 Å². The van der Waals surface area contributed by atoms with Gasteiger partial charge in [0.15, 0.2) is 6.10 Å². The van der Waals surface area contributed by atoms with E-state index in [0.29, 0.717) is 81.7 Å². The Kier molecular flexibility index (Phi) is 15.4. The first kappa shape index (κ1) is 42.8. The number of phenolic OH excluding ortho intramolecular Hbond substituents is 1. The zero-order chi connectivity index (χ0) is 40.4. The Labute approximate surface area is 333 Å². The van der Waals surface area contributed by atoms with Gasteiger partial charge >= 0.3 is 18.1 Å². The molecule has 4 aliphatic rings. The van der Waals surface area contributed by atoms with E-state index in [9.17, 15) is 24.3 Å². The van der Waals surface area contributed by atoms with Gasteiger partial charge < -0.3 is 39.5 Å². The van der Waals surface area contributed by atoms with Crippen LogP contribution in [0.4, 0.5) is 15.3 Å². The topological polar surface area (TPSA) is 135 Å². The molecule has 4 heterocycles. The maximum Gasteiger partial charge on any atom is 0.410 e. The minimum Gasteiger partial charge on any atom is -0.507 e. The van der Waals surface area contributed by atoms with Gasteiger partial charge in [-0.15, -0.1) is 0 Å².